The fourth-order valence-corrected chi connectivity index (χ4v) is 3.44. The minimum Gasteiger partial charge on any atom is -0.345 e. The van der Waals surface area contributed by atoms with E-state index in [0.717, 1.165) is 18.4 Å². The number of hydrogen-bond acceptors (Lipinski definition) is 4. The highest BCUT2D eigenvalue weighted by Crippen LogP contribution is 2.45. The molecular weight excluding hydrogens is 302 g/mol. The molecule has 3 N–H and O–H groups in total. The van der Waals surface area contributed by atoms with Gasteiger partial charge in [0.05, 0.1) is 17.2 Å². The lowest BCUT2D eigenvalue weighted by molar-refractivity contribution is -0.121. The van der Waals surface area contributed by atoms with Crippen molar-refractivity contribution in [2.24, 2.45) is 5.14 Å². The summed E-state index contributed by atoms with van der Waals surface area (Å²) in [7, 11) is -3.93. The number of primary sulfonamides is 1. The second-order valence-corrected chi connectivity index (χ2v) is 7.38. The minimum atomic E-state index is -3.93. The Balaban J connectivity index is 2.21. The molecule has 2 rings (SSSR count). The van der Waals surface area contributed by atoms with Gasteiger partial charge in [-0.1, -0.05) is 25.5 Å². The van der Waals surface area contributed by atoms with Crippen LogP contribution in [-0.4, -0.2) is 19.6 Å². The molecule has 1 fully saturated rings. The number of amides is 1. The Bertz CT molecular complexity index is 718. The van der Waals surface area contributed by atoms with Gasteiger partial charge in [0.1, 0.15) is 0 Å². The molecule has 0 aromatic heterocycles. The van der Waals surface area contributed by atoms with Crippen LogP contribution in [0.15, 0.2) is 24.3 Å². The first kappa shape index (κ1) is 16.5. The molecule has 22 heavy (non-hydrogen) atoms. The summed E-state index contributed by atoms with van der Waals surface area (Å²) >= 11 is 0. The van der Waals surface area contributed by atoms with Crippen LogP contribution >= 0.6 is 0 Å². The molecule has 1 saturated carbocycles. The van der Waals surface area contributed by atoms with E-state index in [1.807, 2.05) is 6.07 Å². The first-order chi connectivity index (χ1) is 10.3. The topological polar surface area (TPSA) is 113 Å². The molecule has 0 heterocycles. The Morgan fingerprint density at radius 3 is 2.68 bits per heavy atom. The maximum atomic E-state index is 12.3. The van der Waals surface area contributed by atoms with E-state index in [4.69, 9.17) is 10.4 Å². The first-order valence-corrected chi connectivity index (χ1v) is 8.77. The number of nitrogens with zero attached hydrogens (tertiary/aromatic N) is 1. The Kier molecular flexibility index (Phi) is 4.54. The highest BCUT2D eigenvalue weighted by Gasteiger charge is 2.47. The van der Waals surface area contributed by atoms with E-state index in [9.17, 15) is 13.2 Å². The van der Waals surface area contributed by atoms with Crippen LogP contribution in [0.25, 0.3) is 0 Å². The van der Waals surface area contributed by atoms with Crippen LogP contribution in [0.3, 0.4) is 0 Å². The molecule has 7 heteroatoms. The van der Waals surface area contributed by atoms with Crippen LogP contribution in [-0.2, 0) is 20.4 Å². The number of carbonyl (C=O) groups is 1. The van der Waals surface area contributed by atoms with Gasteiger partial charge in [0, 0.05) is 0 Å². The molecule has 0 aliphatic heterocycles. The van der Waals surface area contributed by atoms with Crippen LogP contribution in [0.5, 0.6) is 0 Å². The van der Waals surface area contributed by atoms with Gasteiger partial charge < -0.3 is 5.32 Å². The number of nitrogens with one attached hydrogen (secondary N) is 1. The summed E-state index contributed by atoms with van der Waals surface area (Å²) in [6.07, 6.45) is 2.18. The summed E-state index contributed by atoms with van der Waals surface area (Å²) in [5.74, 6) is -0.566. The van der Waals surface area contributed by atoms with Gasteiger partial charge in [-0.25, -0.2) is 13.6 Å². The number of nitrogens with two attached hydrogens (primary N) is 1. The average molecular weight is 321 g/mol. The highest BCUT2D eigenvalue weighted by molar-refractivity contribution is 7.90. The van der Waals surface area contributed by atoms with Gasteiger partial charge in [-0.15, -0.1) is 0 Å². The smallest absolute Gasteiger partial charge is 0.240 e. The van der Waals surface area contributed by atoms with E-state index >= 15 is 0 Å². The predicted octanol–water partition coefficient (Wildman–Crippen LogP) is 1.12. The van der Waals surface area contributed by atoms with Crippen molar-refractivity contribution in [3.05, 3.63) is 35.4 Å². The van der Waals surface area contributed by atoms with Gasteiger partial charge in [-0.2, -0.15) is 5.26 Å². The van der Waals surface area contributed by atoms with Crippen molar-refractivity contribution in [3.63, 3.8) is 0 Å². The zero-order valence-corrected chi connectivity index (χ0v) is 13.2. The number of rotatable bonds is 6. The highest BCUT2D eigenvalue weighted by atomic mass is 32.2. The number of nitriles is 1. The summed E-state index contributed by atoms with van der Waals surface area (Å²) in [6, 6.07) is 9.05. The second-order valence-electron chi connectivity index (χ2n) is 5.63. The van der Waals surface area contributed by atoms with Crippen molar-refractivity contribution in [1.82, 2.24) is 5.32 Å². The molecular formula is C15H19N3O3S. The van der Waals surface area contributed by atoms with E-state index in [0.29, 0.717) is 12.0 Å². The van der Waals surface area contributed by atoms with Gasteiger partial charge in [-0.05, 0) is 37.0 Å². The van der Waals surface area contributed by atoms with Crippen LogP contribution in [0.4, 0.5) is 0 Å². The monoisotopic (exact) mass is 321 g/mol. The van der Waals surface area contributed by atoms with Gasteiger partial charge in [0.2, 0.25) is 15.9 Å². The van der Waals surface area contributed by atoms with E-state index in [1.54, 1.807) is 25.1 Å². The van der Waals surface area contributed by atoms with Crippen LogP contribution in [0.2, 0.25) is 0 Å². The number of hydrogen-bond donors (Lipinski definition) is 2. The van der Waals surface area contributed by atoms with E-state index in [-0.39, 0.29) is 6.42 Å². The molecule has 1 aromatic carbocycles. The Morgan fingerprint density at radius 1 is 1.50 bits per heavy atom. The molecule has 1 atom stereocenters. The number of sulfonamides is 1. The largest absolute Gasteiger partial charge is 0.345 e. The van der Waals surface area contributed by atoms with Crippen LogP contribution in [0, 0.1) is 11.3 Å². The number of benzene rings is 1. The quantitative estimate of drug-likeness (QED) is 0.817. The average Bonchev–Trinajstić information content (AvgIpc) is 3.24. The molecule has 0 spiro atoms. The fourth-order valence-electron chi connectivity index (χ4n) is 2.52. The summed E-state index contributed by atoms with van der Waals surface area (Å²) in [4.78, 5) is 12.3. The SMILES string of the molecule is CCC[C@@H](C(=O)NC1(c2cccc(C#N)c2)CC1)S(N)(=O)=O. The second kappa shape index (κ2) is 6.07. The van der Waals surface area contributed by atoms with Crippen molar-refractivity contribution in [3.8, 4) is 6.07 Å². The molecule has 0 saturated heterocycles. The van der Waals surface area contributed by atoms with Crippen LogP contribution < -0.4 is 10.5 Å². The summed E-state index contributed by atoms with van der Waals surface area (Å²) in [5, 5.41) is 15.7. The molecule has 1 aromatic rings. The minimum absolute atomic E-state index is 0.193. The third kappa shape index (κ3) is 3.46. The predicted molar refractivity (Wildman–Crippen MR) is 82.0 cm³/mol. The van der Waals surface area contributed by atoms with E-state index in [1.165, 1.54) is 0 Å². The van der Waals surface area contributed by atoms with Crippen molar-refractivity contribution in [2.75, 3.05) is 0 Å². The Hall–Kier alpha value is -1.91. The van der Waals surface area contributed by atoms with E-state index < -0.39 is 26.7 Å². The van der Waals surface area contributed by atoms with Gasteiger partial charge in [0.15, 0.2) is 5.25 Å². The molecule has 1 aliphatic carbocycles. The standard InChI is InChI=1S/C15H19N3O3S/c1-2-4-13(22(17,20)21)14(19)18-15(7-8-15)12-6-3-5-11(9-12)10-16/h3,5-6,9,13H,2,4,7-8H2,1H3,(H,18,19)(H2,17,20,21)/t13-/m0/s1. The summed E-state index contributed by atoms with van der Waals surface area (Å²) in [5.41, 5.74) is 0.764. The summed E-state index contributed by atoms with van der Waals surface area (Å²) in [6.45, 7) is 1.80. The Morgan fingerprint density at radius 2 is 2.18 bits per heavy atom. The molecule has 0 radical (unpaired) electrons. The first-order valence-electron chi connectivity index (χ1n) is 7.16. The molecule has 1 amide bonds. The maximum absolute atomic E-state index is 12.3. The molecule has 6 nitrogen and oxygen atoms in total. The molecule has 1 aliphatic rings. The maximum Gasteiger partial charge on any atom is 0.240 e. The lowest BCUT2D eigenvalue weighted by Gasteiger charge is -2.21. The zero-order valence-electron chi connectivity index (χ0n) is 12.4. The molecule has 0 unspecified atom stereocenters. The Labute approximate surface area is 130 Å². The molecule has 118 valence electrons. The van der Waals surface area contributed by atoms with E-state index in [2.05, 4.69) is 11.4 Å². The van der Waals surface area contributed by atoms with Gasteiger partial charge in [-0.3, -0.25) is 4.79 Å². The van der Waals surface area contributed by atoms with Crippen LogP contribution in [0.1, 0.15) is 43.7 Å². The zero-order chi connectivity index (χ0) is 16.4. The number of carbonyl (C=O) groups excluding carboxylic acids is 1. The van der Waals surface area contributed by atoms with Crippen molar-refractivity contribution in [1.29, 1.82) is 5.26 Å². The van der Waals surface area contributed by atoms with Gasteiger partial charge >= 0.3 is 0 Å². The third-order valence-corrected chi connectivity index (χ3v) is 5.14. The van der Waals surface area contributed by atoms with Crippen molar-refractivity contribution < 1.29 is 13.2 Å². The molecule has 0 bridgehead atoms. The normalized spacial score (nSPS) is 17.3. The fraction of sp³-hybridized carbons (Fsp3) is 0.467. The lowest BCUT2D eigenvalue weighted by atomic mass is 10.0. The van der Waals surface area contributed by atoms with Crippen molar-refractivity contribution >= 4 is 15.9 Å². The third-order valence-electron chi connectivity index (χ3n) is 3.90. The lowest BCUT2D eigenvalue weighted by Crippen LogP contribution is -2.46. The van der Waals surface area contributed by atoms with Crippen molar-refractivity contribution in [2.45, 2.75) is 43.4 Å². The van der Waals surface area contributed by atoms with Gasteiger partial charge in [0.25, 0.3) is 0 Å². The summed E-state index contributed by atoms with van der Waals surface area (Å²) < 4.78 is 23.2.